The molecule has 1 saturated heterocycles. The maximum atomic E-state index is 9.37. The number of rotatable bonds is 9. The minimum Gasteiger partial charge on any atom is -0.497 e. The normalized spacial score (nSPS) is 13.7. The molecule has 0 radical (unpaired) electrons. The molecule has 9 heteroatoms. The van der Waals surface area contributed by atoms with E-state index in [2.05, 4.69) is 26.3 Å². The number of hydrogen-bond donors (Lipinski definition) is 1. The summed E-state index contributed by atoms with van der Waals surface area (Å²) in [6.45, 7) is 4.78. The Morgan fingerprint density at radius 2 is 1.88 bits per heavy atom. The van der Waals surface area contributed by atoms with Crippen molar-refractivity contribution >= 4 is 11.6 Å². The Labute approximate surface area is 198 Å². The minimum atomic E-state index is 0.416. The number of nitriles is 1. The largest absolute Gasteiger partial charge is 0.497 e. The minimum absolute atomic E-state index is 0.416. The summed E-state index contributed by atoms with van der Waals surface area (Å²) in [5, 5.41) is 12.6. The molecule has 176 valence electrons. The number of anilines is 2. The van der Waals surface area contributed by atoms with Gasteiger partial charge in [-0.05, 0) is 24.3 Å². The van der Waals surface area contributed by atoms with Crippen molar-refractivity contribution in [1.82, 2.24) is 14.9 Å². The zero-order valence-corrected chi connectivity index (χ0v) is 19.3. The maximum Gasteiger partial charge on any atom is 0.227 e. The Bertz CT molecular complexity index is 1160. The van der Waals surface area contributed by atoms with Gasteiger partial charge in [0.05, 0.1) is 38.7 Å². The average molecular weight is 462 g/mol. The fraction of sp³-hybridized carbons (Fsp3) is 0.320. The molecule has 9 nitrogen and oxygen atoms in total. The molecular weight excluding hydrogens is 434 g/mol. The molecule has 0 aliphatic carbocycles. The summed E-state index contributed by atoms with van der Waals surface area (Å²) in [6, 6.07) is 14.9. The van der Waals surface area contributed by atoms with Crippen molar-refractivity contribution in [1.29, 1.82) is 5.26 Å². The van der Waals surface area contributed by atoms with Crippen LogP contribution in [0, 0.1) is 11.3 Å². The lowest BCUT2D eigenvalue weighted by molar-refractivity contribution is 0.0322. The third-order valence-corrected chi connectivity index (χ3v) is 5.42. The number of benzene rings is 2. The number of ether oxygens (including phenoxy) is 4. The highest BCUT2D eigenvalue weighted by Crippen LogP contribution is 2.29. The molecule has 1 N–H and O–H groups in total. The van der Waals surface area contributed by atoms with E-state index in [1.807, 2.05) is 24.3 Å². The van der Waals surface area contributed by atoms with Crippen LogP contribution in [0.4, 0.5) is 11.6 Å². The third kappa shape index (κ3) is 5.92. The quantitative estimate of drug-likeness (QED) is 0.513. The van der Waals surface area contributed by atoms with E-state index in [0.29, 0.717) is 41.1 Å². The van der Waals surface area contributed by atoms with E-state index in [1.165, 1.54) is 7.11 Å². The Hall–Kier alpha value is -3.87. The molecule has 1 aliphatic rings. The van der Waals surface area contributed by atoms with Crippen molar-refractivity contribution in [3.8, 4) is 34.6 Å². The molecule has 34 heavy (non-hydrogen) atoms. The van der Waals surface area contributed by atoms with E-state index in [1.54, 1.807) is 31.5 Å². The number of nitrogens with zero attached hydrogens (tertiary/aromatic N) is 4. The first kappa shape index (κ1) is 23.3. The number of morpholine rings is 1. The van der Waals surface area contributed by atoms with Crippen LogP contribution in [0.2, 0.25) is 0 Å². The first-order valence-corrected chi connectivity index (χ1v) is 11.0. The van der Waals surface area contributed by atoms with E-state index >= 15 is 0 Å². The van der Waals surface area contributed by atoms with Gasteiger partial charge in [0.25, 0.3) is 0 Å². The zero-order valence-electron chi connectivity index (χ0n) is 19.3. The highest BCUT2D eigenvalue weighted by molar-refractivity contribution is 5.66. The van der Waals surface area contributed by atoms with Gasteiger partial charge in [-0.2, -0.15) is 5.26 Å². The lowest BCUT2D eigenvalue weighted by Crippen LogP contribution is -2.38. The van der Waals surface area contributed by atoms with Crippen molar-refractivity contribution in [2.24, 2.45) is 0 Å². The SMILES string of the molecule is COc1cc(Nc2nccc(-c3ccc(OC)c(C#N)c3)n2)cc(OCCN2CCOCC2)c1. The van der Waals surface area contributed by atoms with Gasteiger partial charge in [-0.1, -0.05) is 0 Å². The third-order valence-electron chi connectivity index (χ3n) is 5.42. The second-order valence-corrected chi connectivity index (χ2v) is 7.62. The molecule has 1 aromatic heterocycles. The summed E-state index contributed by atoms with van der Waals surface area (Å²) < 4.78 is 22.0. The molecule has 0 amide bonds. The van der Waals surface area contributed by atoms with Crippen LogP contribution in [0.3, 0.4) is 0 Å². The summed E-state index contributed by atoms with van der Waals surface area (Å²) in [7, 11) is 3.15. The van der Waals surface area contributed by atoms with Gasteiger partial charge in [-0.3, -0.25) is 4.90 Å². The highest BCUT2D eigenvalue weighted by Gasteiger charge is 2.11. The lowest BCUT2D eigenvalue weighted by atomic mass is 10.1. The number of hydrogen-bond acceptors (Lipinski definition) is 9. The Kier molecular flexibility index (Phi) is 7.75. The molecule has 2 heterocycles. The van der Waals surface area contributed by atoms with Gasteiger partial charge in [0.2, 0.25) is 5.95 Å². The smallest absolute Gasteiger partial charge is 0.227 e. The average Bonchev–Trinajstić information content (AvgIpc) is 2.89. The molecule has 0 atom stereocenters. The molecule has 3 aromatic rings. The molecule has 4 rings (SSSR count). The maximum absolute atomic E-state index is 9.37. The molecule has 0 unspecified atom stereocenters. The number of methoxy groups -OCH3 is 2. The zero-order chi connectivity index (χ0) is 23.8. The highest BCUT2D eigenvalue weighted by atomic mass is 16.5. The second-order valence-electron chi connectivity index (χ2n) is 7.62. The van der Waals surface area contributed by atoms with E-state index < -0.39 is 0 Å². The van der Waals surface area contributed by atoms with Crippen LogP contribution in [-0.4, -0.2) is 68.5 Å². The summed E-state index contributed by atoms with van der Waals surface area (Å²) >= 11 is 0. The molecule has 2 aromatic carbocycles. The van der Waals surface area contributed by atoms with Crippen molar-refractivity contribution in [2.75, 3.05) is 59.0 Å². The van der Waals surface area contributed by atoms with Crippen LogP contribution in [0.15, 0.2) is 48.7 Å². The lowest BCUT2D eigenvalue weighted by Gasteiger charge is -2.26. The van der Waals surface area contributed by atoms with Crippen molar-refractivity contribution in [3.63, 3.8) is 0 Å². The van der Waals surface area contributed by atoms with Crippen LogP contribution < -0.4 is 19.5 Å². The predicted octanol–water partition coefficient (Wildman–Crippen LogP) is 3.49. The van der Waals surface area contributed by atoms with Gasteiger partial charge in [0.1, 0.15) is 29.9 Å². The summed E-state index contributed by atoms with van der Waals surface area (Å²) in [5.74, 6) is 2.30. The number of nitrogens with one attached hydrogen (secondary N) is 1. The van der Waals surface area contributed by atoms with Gasteiger partial charge in [-0.15, -0.1) is 0 Å². The van der Waals surface area contributed by atoms with Gasteiger partial charge in [-0.25, -0.2) is 9.97 Å². The fourth-order valence-electron chi connectivity index (χ4n) is 3.63. The van der Waals surface area contributed by atoms with E-state index in [0.717, 1.165) is 44.1 Å². The number of aromatic nitrogens is 2. The molecular formula is C25H27N5O4. The Morgan fingerprint density at radius 1 is 1.06 bits per heavy atom. The van der Waals surface area contributed by atoms with Gasteiger partial charge in [0, 0.05) is 55.3 Å². The van der Waals surface area contributed by atoms with E-state index in [-0.39, 0.29) is 0 Å². The molecule has 0 spiro atoms. The molecule has 1 aliphatic heterocycles. The molecule has 0 saturated carbocycles. The van der Waals surface area contributed by atoms with Crippen LogP contribution >= 0.6 is 0 Å². The van der Waals surface area contributed by atoms with Crippen molar-refractivity contribution in [2.45, 2.75) is 0 Å². The van der Waals surface area contributed by atoms with E-state index in [4.69, 9.17) is 18.9 Å². The van der Waals surface area contributed by atoms with E-state index in [9.17, 15) is 5.26 Å². The first-order chi connectivity index (χ1) is 16.7. The standard InChI is InChI=1S/C25H27N5O4/c1-31-21-14-20(15-22(16-21)34-12-9-30-7-10-33-11-8-30)28-25-27-6-5-23(29-25)18-3-4-24(32-2)19(13-18)17-26/h3-6,13-16H,7-12H2,1-2H3,(H,27,28,29). The monoisotopic (exact) mass is 461 g/mol. The predicted molar refractivity (Wildman–Crippen MR) is 128 cm³/mol. The van der Waals surface area contributed by atoms with Crippen LogP contribution in [0.25, 0.3) is 11.3 Å². The Morgan fingerprint density at radius 3 is 2.65 bits per heavy atom. The second kappa shape index (κ2) is 11.3. The van der Waals surface area contributed by atoms with Crippen LogP contribution in [0.1, 0.15) is 5.56 Å². The van der Waals surface area contributed by atoms with Crippen molar-refractivity contribution < 1.29 is 18.9 Å². The summed E-state index contributed by atoms with van der Waals surface area (Å²) in [5.41, 5.74) is 2.66. The molecule has 1 fully saturated rings. The topological polar surface area (TPSA) is 102 Å². The summed E-state index contributed by atoms with van der Waals surface area (Å²) in [4.78, 5) is 11.3. The van der Waals surface area contributed by atoms with Crippen LogP contribution in [0.5, 0.6) is 17.2 Å². The van der Waals surface area contributed by atoms with Crippen molar-refractivity contribution in [3.05, 3.63) is 54.2 Å². The van der Waals surface area contributed by atoms with Gasteiger partial charge < -0.3 is 24.3 Å². The summed E-state index contributed by atoms with van der Waals surface area (Å²) in [6.07, 6.45) is 1.67. The first-order valence-electron chi connectivity index (χ1n) is 11.0. The molecule has 0 bridgehead atoms. The van der Waals surface area contributed by atoms with Crippen LogP contribution in [-0.2, 0) is 4.74 Å². The Balaban J connectivity index is 1.48. The van der Waals surface area contributed by atoms with Gasteiger partial charge >= 0.3 is 0 Å². The van der Waals surface area contributed by atoms with Gasteiger partial charge in [0.15, 0.2) is 0 Å². The fourth-order valence-corrected chi connectivity index (χ4v) is 3.63.